The van der Waals surface area contributed by atoms with E-state index in [1.54, 1.807) is 34.1 Å². The van der Waals surface area contributed by atoms with Crippen LogP contribution >= 0.6 is 23.2 Å². The van der Waals surface area contributed by atoms with Crippen LogP contribution < -0.4 is 10.6 Å². The van der Waals surface area contributed by atoms with Crippen molar-refractivity contribution in [3.8, 4) is 5.75 Å². The molecule has 274 valence electrons. The molecule has 3 heterocycles. The second kappa shape index (κ2) is 14.9. The first-order valence-electron chi connectivity index (χ1n) is 16.2. The third-order valence-electron chi connectivity index (χ3n) is 9.09. The fourth-order valence-electron chi connectivity index (χ4n) is 6.48. The number of aromatic nitrogens is 1. The summed E-state index contributed by atoms with van der Waals surface area (Å²) in [4.78, 5) is 34.0. The number of aryl methyl sites for hydroxylation is 1. The lowest BCUT2D eigenvalue weighted by Crippen LogP contribution is -2.55. The Morgan fingerprint density at radius 1 is 1.02 bits per heavy atom. The lowest BCUT2D eigenvalue weighted by atomic mass is 10.1. The smallest absolute Gasteiger partial charge is 0.417 e. The van der Waals surface area contributed by atoms with Gasteiger partial charge in [-0.2, -0.15) is 22.6 Å². The summed E-state index contributed by atoms with van der Waals surface area (Å²) in [5.74, 6) is 4.64. The lowest BCUT2D eigenvalue weighted by molar-refractivity contribution is -0.137. The first-order valence-corrected chi connectivity index (χ1v) is 18.4. The topological polar surface area (TPSA) is 138 Å². The molecule has 4 aromatic rings. The molecule has 0 radical (unpaired) electrons. The molecule has 0 bridgehead atoms. The number of para-hydroxylation sites is 1. The molecule has 52 heavy (non-hydrogen) atoms. The zero-order valence-electron chi connectivity index (χ0n) is 27.7. The fraction of sp³-hybridized carbons (Fsp3) is 0.314. The predicted octanol–water partition coefficient (Wildman–Crippen LogP) is 5.88. The number of carbonyl (C=O) groups excluding carboxylic acids is 2. The highest BCUT2D eigenvalue weighted by Crippen LogP contribution is 2.39. The Morgan fingerprint density at radius 2 is 1.71 bits per heavy atom. The normalized spacial score (nSPS) is 17.3. The van der Waals surface area contributed by atoms with Gasteiger partial charge in [0.15, 0.2) is 0 Å². The van der Waals surface area contributed by atoms with Gasteiger partial charge in [0.25, 0.3) is 5.91 Å². The van der Waals surface area contributed by atoms with Gasteiger partial charge in [0.05, 0.1) is 16.8 Å². The van der Waals surface area contributed by atoms with Gasteiger partial charge in [-0.25, -0.2) is 13.4 Å². The van der Waals surface area contributed by atoms with Gasteiger partial charge in [-0.3, -0.25) is 9.59 Å². The number of fused-ring (bicyclic) bond motifs is 1. The highest BCUT2D eigenvalue weighted by atomic mass is 35.5. The summed E-state index contributed by atoms with van der Waals surface area (Å²) in [6.07, 6.45) is -2.43. The average molecular weight is 778 g/mol. The van der Waals surface area contributed by atoms with Crippen LogP contribution in [0.1, 0.15) is 45.6 Å². The summed E-state index contributed by atoms with van der Waals surface area (Å²) >= 11 is 13.1. The number of alkyl halides is 3. The van der Waals surface area contributed by atoms with Gasteiger partial charge in [-0.05, 0) is 61.7 Å². The second-order valence-corrected chi connectivity index (χ2v) is 15.0. The zero-order valence-corrected chi connectivity index (χ0v) is 30.1. The molecule has 1 aromatic heterocycles. The third kappa shape index (κ3) is 7.40. The summed E-state index contributed by atoms with van der Waals surface area (Å²) in [7, 11) is -4.33. The summed E-state index contributed by atoms with van der Waals surface area (Å²) in [6, 6.07) is 13.5. The Balaban J connectivity index is 1.17. The van der Waals surface area contributed by atoms with Crippen molar-refractivity contribution >= 4 is 62.2 Å². The SMILES string of the molecule is Cc1cc(C(F)(F)F)c2cccc(OCc3c(Cl)ccc(S(=O)(=O)N4CCC[C@H]4C(=O)N4CCN(C(=O)c5ccc(C=NN)cc5)CC4)c3Cl)c2n1. The number of sulfonamides is 1. The number of pyridine rings is 1. The van der Waals surface area contributed by atoms with Crippen LogP contribution in [0.3, 0.4) is 0 Å². The van der Waals surface area contributed by atoms with Crippen LogP contribution in [0.15, 0.2) is 70.7 Å². The van der Waals surface area contributed by atoms with Gasteiger partial charge in [-0.1, -0.05) is 47.5 Å². The zero-order chi connectivity index (χ0) is 37.4. The number of hydrogen-bond acceptors (Lipinski definition) is 8. The number of piperazine rings is 1. The Bertz CT molecular complexity index is 2160. The molecular formula is C35H33Cl2F3N6O5S. The molecule has 17 heteroatoms. The van der Waals surface area contributed by atoms with E-state index in [1.807, 2.05) is 0 Å². The number of amides is 2. The quantitative estimate of drug-likeness (QED) is 0.134. The Labute approximate surface area is 307 Å². The van der Waals surface area contributed by atoms with E-state index in [9.17, 15) is 31.2 Å². The number of nitrogens with two attached hydrogens (primary N) is 1. The molecule has 2 aliphatic rings. The van der Waals surface area contributed by atoms with E-state index in [-0.39, 0.29) is 94.0 Å². The lowest BCUT2D eigenvalue weighted by Gasteiger charge is -2.37. The van der Waals surface area contributed by atoms with Crippen LogP contribution in [0.25, 0.3) is 10.9 Å². The number of benzene rings is 3. The molecule has 6 rings (SSSR count). The van der Waals surface area contributed by atoms with E-state index < -0.39 is 27.8 Å². The van der Waals surface area contributed by atoms with E-state index in [0.29, 0.717) is 18.4 Å². The molecule has 1 atom stereocenters. The van der Waals surface area contributed by atoms with Gasteiger partial charge < -0.3 is 20.4 Å². The average Bonchev–Trinajstić information content (AvgIpc) is 3.62. The van der Waals surface area contributed by atoms with Gasteiger partial charge >= 0.3 is 6.18 Å². The van der Waals surface area contributed by atoms with E-state index in [1.165, 1.54) is 43.5 Å². The molecular weight excluding hydrogens is 744 g/mol. The van der Waals surface area contributed by atoms with E-state index in [2.05, 4.69) is 10.1 Å². The van der Waals surface area contributed by atoms with E-state index >= 15 is 0 Å². The summed E-state index contributed by atoms with van der Waals surface area (Å²) < 4.78 is 76.6. The molecule has 3 aromatic carbocycles. The predicted molar refractivity (Wildman–Crippen MR) is 190 cm³/mol. The number of hydrogen-bond donors (Lipinski definition) is 1. The second-order valence-electron chi connectivity index (χ2n) is 12.4. The molecule has 0 spiro atoms. The standard InChI is InChI=1S/C35H33Cl2F3N6O5S/c1-21-18-26(35(38,39)40)24-4-2-6-29(32(24)43-21)51-20-25-27(36)11-12-30(31(25)37)52(49,50)46-13-3-5-28(46)34(48)45-16-14-44(15-17-45)33(47)23-9-7-22(8-10-23)19-42-41/h2,4,6-12,18-19,28H,3,5,13-17,20,41H2,1H3/t28-/m0/s1. The minimum atomic E-state index is -4.63. The summed E-state index contributed by atoms with van der Waals surface area (Å²) in [5.41, 5.74) is 0.554. The van der Waals surface area contributed by atoms with Crippen LogP contribution in [0.2, 0.25) is 10.0 Å². The van der Waals surface area contributed by atoms with Gasteiger partial charge in [-0.15, -0.1) is 0 Å². The monoisotopic (exact) mass is 776 g/mol. The van der Waals surface area contributed by atoms with Crippen molar-refractivity contribution in [2.45, 2.75) is 43.5 Å². The highest BCUT2D eigenvalue weighted by Gasteiger charge is 2.43. The van der Waals surface area contributed by atoms with Crippen LogP contribution in [0.5, 0.6) is 5.75 Å². The maximum Gasteiger partial charge on any atom is 0.417 e. The minimum Gasteiger partial charge on any atom is -0.487 e. The molecule has 0 unspecified atom stereocenters. The Kier molecular flexibility index (Phi) is 10.7. The molecule has 0 saturated carbocycles. The fourth-order valence-corrected chi connectivity index (χ4v) is 9.00. The van der Waals surface area contributed by atoms with Crippen molar-refractivity contribution < 1.29 is 35.9 Å². The van der Waals surface area contributed by atoms with E-state index in [4.69, 9.17) is 33.8 Å². The number of nitrogens with zero attached hydrogens (tertiary/aromatic N) is 5. The number of hydrazone groups is 1. The highest BCUT2D eigenvalue weighted by molar-refractivity contribution is 7.89. The van der Waals surface area contributed by atoms with Crippen molar-refractivity contribution in [3.63, 3.8) is 0 Å². The number of halogens is 5. The van der Waals surface area contributed by atoms with Gasteiger partial charge in [0, 0.05) is 60.0 Å². The Hall–Kier alpha value is -4.44. The largest absolute Gasteiger partial charge is 0.487 e. The van der Waals surface area contributed by atoms with Gasteiger partial charge in [0.2, 0.25) is 15.9 Å². The minimum absolute atomic E-state index is 0.0227. The van der Waals surface area contributed by atoms with Crippen LogP contribution in [0.4, 0.5) is 13.2 Å². The molecule has 2 saturated heterocycles. The Morgan fingerprint density at radius 3 is 2.38 bits per heavy atom. The molecule has 2 fully saturated rings. The van der Waals surface area contributed by atoms with Crippen LogP contribution in [-0.4, -0.2) is 84.3 Å². The van der Waals surface area contributed by atoms with Crippen molar-refractivity contribution in [1.29, 1.82) is 0 Å². The number of carbonyl (C=O) groups is 2. The van der Waals surface area contributed by atoms with Crippen molar-refractivity contribution in [1.82, 2.24) is 19.1 Å². The third-order valence-corrected chi connectivity index (χ3v) is 11.9. The van der Waals surface area contributed by atoms with E-state index in [0.717, 1.165) is 15.9 Å². The maximum absolute atomic E-state index is 14.1. The maximum atomic E-state index is 14.1. The number of rotatable bonds is 8. The van der Waals surface area contributed by atoms with Crippen LogP contribution in [-0.2, 0) is 27.6 Å². The van der Waals surface area contributed by atoms with Gasteiger partial charge in [0.1, 0.15) is 28.8 Å². The molecule has 0 aliphatic carbocycles. The van der Waals surface area contributed by atoms with Crippen molar-refractivity contribution in [2.75, 3.05) is 32.7 Å². The summed E-state index contributed by atoms with van der Waals surface area (Å²) in [5, 5.41) is 3.15. The number of ether oxygens (including phenoxy) is 1. The van der Waals surface area contributed by atoms with Crippen molar-refractivity contribution in [3.05, 3.63) is 98.7 Å². The molecule has 2 amide bonds. The molecule has 11 nitrogen and oxygen atoms in total. The molecule has 2 aliphatic heterocycles. The molecule has 2 N–H and O–H groups in total. The van der Waals surface area contributed by atoms with Crippen molar-refractivity contribution in [2.24, 2.45) is 10.9 Å². The summed E-state index contributed by atoms with van der Waals surface area (Å²) in [6.45, 7) is 2.13. The first kappa shape index (κ1) is 37.3. The first-order chi connectivity index (χ1) is 24.7. The van der Waals surface area contributed by atoms with Crippen LogP contribution in [0, 0.1) is 6.92 Å².